The van der Waals surface area contributed by atoms with Gasteiger partial charge in [0.2, 0.25) is 0 Å². The third-order valence-corrected chi connectivity index (χ3v) is 3.04. The topological polar surface area (TPSA) is 92.7 Å². The molecule has 0 fully saturated rings. The van der Waals surface area contributed by atoms with Crippen molar-refractivity contribution in [1.29, 1.82) is 0 Å². The number of aldehydes is 1. The second kappa shape index (κ2) is 6.91. The normalized spacial score (nSPS) is 9.95. The summed E-state index contributed by atoms with van der Waals surface area (Å²) in [6.07, 6.45) is -0.614. The molecular weight excluding hydrogens is 286 g/mol. The first-order chi connectivity index (χ1) is 9.38. The van der Waals surface area contributed by atoms with Crippen LogP contribution in [0.25, 0.3) is 0 Å². The molecule has 7 heteroatoms. The summed E-state index contributed by atoms with van der Waals surface area (Å²) < 4.78 is 5.37. The number of ether oxygens (including phenoxy) is 1. The molecule has 108 valence electrons. The molecule has 0 atom stereocenters. The minimum absolute atomic E-state index is 0.00546. The molecule has 0 aliphatic heterocycles. The lowest BCUT2D eigenvalue weighted by atomic mass is 10.0. The Kier molecular flexibility index (Phi) is 5.52. The Hall–Kier alpha value is -2.08. The molecule has 1 aromatic carbocycles. The van der Waals surface area contributed by atoms with E-state index >= 15 is 0 Å². The van der Waals surface area contributed by atoms with Gasteiger partial charge in [-0.2, -0.15) is 0 Å². The van der Waals surface area contributed by atoms with Crippen molar-refractivity contribution in [3.05, 3.63) is 27.8 Å². The number of Topliss-reactive ketones (excluding diaryl/α,β-unsaturated/α-hetero) is 1. The molecule has 0 spiro atoms. The van der Waals surface area contributed by atoms with Gasteiger partial charge in [0.15, 0.2) is 12.1 Å². The molecule has 20 heavy (non-hydrogen) atoms. The number of hydrogen-bond donors (Lipinski definition) is 2. The van der Waals surface area contributed by atoms with Gasteiger partial charge in [-0.3, -0.25) is 9.59 Å². The highest BCUT2D eigenvalue weighted by molar-refractivity contribution is 6.32. The first-order valence-corrected chi connectivity index (χ1v) is 6.15. The summed E-state index contributed by atoms with van der Waals surface area (Å²) in [6.45, 7) is 3.00. The summed E-state index contributed by atoms with van der Waals surface area (Å²) in [5.41, 5.74) is 0.893. The van der Waals surface area contributed by atoms with Crippen molar-refractivity contribution in [2.45, 2.75) is 13.8 Å². The number of halogens is 1. The number of carbonyl (C=O) groups excluding carboxylic acids is 2. The molecule has 2 N–H and O–H groups in total. The maximum absolute atomic E-state index is 11.6. The molecule has 1 rings (SSSR count). The van der Waals surface area contributed by atoms with Crippen LogP contribution in [0.3, 0.4) is 0 Å². The summed E-state index contributed by atoms with van der Waals surface area (Å²) in [4.78, 5) is 33.0. The predicted octanol–water partition coefficient (Wildman–Crippen LogP) is 2.31. The monoisotopic (exact) mass is 299 g/mol. The summed E-state index contributed by atoms with van der Waals surface area (Å²) >= 11 is 5.96. The molecule has 0 saturated carbocycles. The van der Waals surface area contributed by atoms with E-state index in [2.05, 4.69) is 5.32 Å². The lowest BCUT2D eigenvalue weighted by Gasteiger charge is -2.15. The molecule has 0 aliphatic carbocycles. The maximum atomic E-state index is 11.6. The standard InChI is InChI=1S/C13H14ClNO5/c1-7-10(6-16)12(20-4-3-15-13(18)19)9(8(2)17)5-11(7)14/h5-6,15H,3-4H2,1-2H3,(H,18,19). The van der Waals surface area contributed by atoms with E-state index in [-0.39, 0.29) is 35.8 Å². The second-order valence-corrected chi connectivity index (χ2v) is 4.44. The number of ketones is 1. The van der Waals surface area contributed by atoms with Crippen molar-refractivity contribution in [2.24, 2.45) is 0 Å². The third kappa shape index (κ3) is 3.71. The molecule has 0 radical (unpaired) electrons. The average Bonchev–Trinajstić information content (AvgIpc) is 2.37. The van der Waals surface area contributed by atoms with Crippen molar-refractivity contribution >= 4 is 29.8 Å². The van der Waals surface area contributed by atoms with Gasteiger partial charge in [-0.15, -0.1) is 0 Å². The van der Waals surface area contributed by atoms with Crippen LogP contribution in [0.4, 0.5) is 4.79 Å². The molecule has 0 heterocycles. The molecule has 0 bridgehead atoms. The van der Waals surface area contributed by atoms with E-state index in [9.17, 15) is 14.4 Å². The van der Waals surface area contributed by atoms with Crippen LogP contribution in [0.1, 0.15) is 33.2 Å². The van der Waals surface area contributed by atoms with Crippen molar-refractivity contribution < 1.29 is 24.2 Å². The Labute approximate surface area is 120 Å². The molecule has 0 aromatic heterocycles. The zero-order chi connectivity index (χ0) is 15.3. The summed E-state index contributed by atoms with van der Waals surface area (Å²) in [5.74, 6) is -0.169. The SMILES string of the molecule is CC(=O)c1cc(Cl)c(C)c(C=O)c1OCCNC(=O)O. The Morgan fingerprint density at radius 2 is 2.15 bits per heavy atom. The zero-order valence-electron chi connectivity index (χ0n) is 11.0. The van der Waals surface area contributed by atoms with E-state index < -0.39 is 6.09 Å². The van der Waals surface area contributed by atoms with Crippen LogP contribution in [0.5, 0.6) is 5.75 Å². The van der Waals surface area contributed by atoms with Gasteiger partial charge >= 0.3 is 6.09 Å². The Bertz CT molecular complexity index is 556. The third-order valence-electron chi connectivity index (χ3n) is 2.64. The molecule has 0 unspecified atom stereocenters. The highest BCUT2D eigenvalue weighted by Crippen LogP contribution is 2.31. The van der Waals surface area contributed by atoms with Gasteiger partial charge in [0.05, 0.1) is 17.7 Å². The van der Waals surface area contributed by atoms with E-state index in [0.717, 1.165) is 0 Å². The smallest absolute Gasteiger partial charge is 0.404 e. The molecule has 1 aromatic rings. The van der Waals surface area contributed by atoms with Crippen molar-refractivity contribution in [3.8, 4) is 5.75 Å². The van der Waals surface area contributed by atoms with E-state index in [4.69, 9.17) is 21.4 Å². The van der Waals surface area contributed by atoms with Gasteiger partial charge in [-0.05, 0) is 25.5 Å². The van der Waals surface area contributed by atoms with Crippen LogP contribution in [0, 0.1) is 6.92 Å². The molecule has 0 aliphatic rings. The fourth-order valence-corrected chi connectivity index (χ4v) is 1.83. The number of amides is 1. The van der Waals surface area contributed by atoms with Gasteiger partial charge in [-0.1, -0.05) is 11.6 Å². The largest absolute Gasteiger partial charge is 0.490 e. The van der Waals surface area contributed by atoms with Crippen LogP contribution < -0.4 is 10.1 Å². The van der Waals surface area contributed by atoms with Crippen LogP contribution in [0.15, 0.2) is 6.07 Å². The van der Waals surface area contributed by atoms with Gasteiger partial charge < -0.3 is 15.2 Å². The Balaban J connectivity index is 3.08. The fraction of sp³-hybridized carbons (Fsp3) is 0.308. The maximum Gasteiger partial charge on any atom is 0.404 e. The highest BCUT2D eigenvalue weighted by atomic mass is 35.5. The fourth-order valence-electron chi connectivity index (χ4n) is 1.61. The van der Waals surface area contributed by atoms with Crippen molar-refractivity contribution in [1.82, 2.24) is 5.32 Å². The molecule has 6 nitrogen and oxygen atoms in total. The quantitative estimate of drug-likeness (QED) is 0.478. The first-order valence-electron chi connectivity index (χ1n) is 5.77. The lowest BCUT2D eigenvalue weighted by Crippen LogP contribution is -2.26. The van der Waals surface area contributed by atoms with E-state index in [1.165, 1.54) is 13.0 Å². The van der Waals surface area contributed by atoms with Crippen LogP contribution >= 0.6 is 11.6 Å². The van der Waals surface area contributed by atoms with Crippen molar-refractivity contribution in [3.63, 3.8) is 0 Å². The summed E-state index contributed by atoms with van der Waals surface area (Å²) in [5, 5.41) is 10.9. The molecular formula is C13H14ClNO5. The Morgan fingerprint density at radius 1 is 1.50 bits per heavy atom. The van der Waals surface area contributed by atoms with Gasteiger partial charge in [0.25, 0.3) is 0 Å². The average molecular weight is 300 g/mol. The van der Waals surface area contributed by atoms with Gasteiger partial charge in [0, 0.05) is 5.02 Å². The zero-order valence-corrected chi connectivity index (χ0v) is 11.8. The van der Waals surface area contributed by atoms with E-state index in [1.807, 2.05) is 0 Å². The number of benzene rings is 1. The number of rotatable bonds is 6. The van der Waals surface area contributed by atoms with Crippen LogP contribution in [-0.4, -0.2) is 36.4 Å². The van der Waals surface area contributed by atoms with E-state index in [0.29, 0.717) is 16.9 Å². The van der Waals surface area contributed by atoms with Crippen LogP contribution in [0.2, 0.25) is 5.02 Å². The lowest BCUT2D eigenvalue weighted by molar-refractivity contribution is 0.101. The van der Waals surface area contributed by atoms with Crippen LogP contribution in [-0.2, 0) is 0 Å². The first kappa shape index (κ1) is 16.0. The highest BCUT2D eigenvalue weighted by Gasteiger charge is 2.18. The second-order valence-electron chi connectivity index (χ2n) is 4.03. The number of hydrogen-bond acceptors (Lipinski definition) is 4. The Morgan fingerprint density at radius 3 is 2.65 bits per heavy atom. The van der Waals surface area contributed by atoms with Gasteiger partial charge in [0.1, 0.15) is 12.4 Å². The number of carboxylic acid groups (broad SMARTS) is 1. The number of nitrogens with one attached hydrogen (secondary N) is 1. The minimum Gasteiger partial charge on any atom is -0.490 e. The summed E-state index contributed by atoms with van der Waals surface area (Å²) in [6, 6.07) is 1.44. The minimum atomic E-state index is -1.18. The summed E-state index contributed by atoms with van der Waals surface area (Å²) in [7, 11) is 0. The number of carbonyl (C=O) groups is 3. The molecule has 1 amide bonds. The van der Waals surface area contributed by atoms with Crippen molar-refractivity contribution in [2.75, 3.05) is 13.2 Å². The van der Waals surface area contributed by atoms with E-state index in [1.54, 1.807) is 6.92 Å². The molecule has 0 saturated heterocycles. The predicted molar refractivity (Wildman–Crippen MR) is 73.1 cm³/mol. The van der Waals surface area contributed by atoms with Gasteiger partial charge in [-0.25, -0.2) is 4.79 Å².